The van der Waals surface area contributed by atoms with Crippen LogP contribution in [0.1, 0.15) is 31.9 Å². The highest BCUT2D eigenvalue weighted by Gasteiger charge is 2.37. The number of benzene rings is 1. The lowest BCUT2D eigenvalue weighted by Crippen LogP contribution is -2.46. The summed E-state index contributed by atoms with van der Waals surface area (Å²) in [4.78, 5) is 28.6. The van der Waals surface area contributed by atoms with Gasteiger partial charge in [0.2, 0.25) is 11.8 Å². The molecule has 2 aliphatic rings. The van der Waals surface area contributed by atoms with Gasteiger partial charge in [0.1, 0.15) is 0 Å². The first-order valence-corrected chi connectivity index (χ1v) is 8.59. The second-order valence-corrected chi connectivity index (χ2v) is 7.97. The fraction of sp³-hybridized carbons (Fsp3) is 0.579. The number of amides is 2. The molecule has 1 unspecified atom stereocenters. The number of hydrogen-bond donors (Lipinski definition) is 1. The normalized spacial score (nSPS) is 22.5. The molecule has 5 nitrogen and oxygen atoms in total. The first kappa shape index (κ1) is 17.0. The van der Waals surface area contributed by atoms with Gasteiger partial charge in [-0.2, -0.15) is 0 Å². The molecule has 0 aromatic heterocycles. The van der Waals surface area contributed by atoms with E-state index in [-0.39, 0.29) is 30.9 Å². The van der Waals surface area contributed by atoms with E-state index >= 15 is 0 Å². The SMILES string of the molecule is CC(C)(C)C(=O)N1CC(=O)N(C2Cc3ccccc3C2)CC(O)C1. The van der Waals surface area contributed by atoms with Crippen LogP contribution in [0.4, 0.5) is 0 Å². The minimum atomic E-state index is -0.702. The molecule has 0 saturated carbocycles. The van der Waals surface area contributed by atoms with E-state index in [4.69, 9.17) is 0 Å². The third-order valence-electron chi connectivity index (χ3n) is 4.88. The van der Waals surface area contributed by atoms with E-state index in [1.807, 2.05) is 32.9 Å². The first-order valence-electron chi connectivity index (χ1n) is 8.59. The minimum Gasteiger partial charge on any atom is -0.389 e. The van der Waals surface area contributed by atoms with Gasteiger partial charge in [-0.15, -0.1) is 0 Å². The number of carbonyl (C=O) groups is 2. The Kier molecular flexibility index (Phi) is 4.38. The van der Waals surface area contributed by atoms with Crippen molar-refractivity contribution < 1.29 is 14.7 Å². The van der Waals surface area contributed by atoms with E-state index in [9.17, 15) is 14.7 Å². The van der Waals surface area contributed by atoms with Crippen LogP contribution in [0.5, 0.6) is 0 Å². The quantitative estimate of drug-likeness (QED) is 0.842. The summed E-state index contributed by atoms with van der Waals surface area (Å²) < 4.78 is 0. The molecule has 3 rings (SSSR count). The van der Waals surface area contributed by atoms with Crippen molar-refractivity contribution in [3.63, 3.8) is 0 Å². The van der Waals surface area contributed by atoms with Crippen molar-refractivity contribution in [3.8, 4) is 0 Å². The highest BCUT2D eigenvalue weighted by Crippen LogP contribution is 2.27. The molecule has 1 heterocycles. The van der Waals surface area contributed by atoms with E-state index < -0.39 is 11.5 Å². The van der Waals surface area contributed by atoms with E-state index in [1.165, 1.54) is 16.0 Å². The van der Waals surface area contributed by atoms with Crippen molar-refractivity contribution in [1.29, 1.82) is 0 Å². The number of nitrogens with zero attached hydrogens (tertiary/aromatic N) is 2. The third-order valence-corrected chi connectivity index (χ3v) is 4.88. The molecule has 1 aromatic carbocycles. The Morgan fingerprint density at radius 3 is 2.25 bits per heavy atom. The molecule has 1 fully saturated rings. The maximum atomic E-state index is 12.8. The van der Waals surface area contributed by atoms with Crippen LogP contribution in [0.2, 0.25) is 0 Å². The van der Waals surface area contributed by atoms with Gasteiger partial charge in [-0.3, -0.25) is 9.59 Å². The van der Waals surface area contributed by atoms with Crippen molar-refractivity contribution in [1.82, 2.24) is 9.80 Å². The van der Waals surface area contributed by atoms with Gasteiger partial charge in [0.15, 0.2) is 0 Å². The molecular formula is C19H26N2O3. The molecule has 0 spiro atoms. The molecule has 1 aromatic rings. The summed E-state index contributed by atoms with van der Waals surface area (Å²) in [5.74, 6) is -0.159. The van der Waals surface area contributed by atoms with Crippen LogP contribution < -0.4 is 0 Å². The fourth-order valence-electron chi connectivity index (χ4n) is 3.70. The average Bonchev–Trinajstić information content (AvgIpc) is 2.87. The molecule has 0 radical (unpaired) electrons. The summed E-state index contributed by atoms with van der Waals surface area (Å²) in [7, 11) is 0. The molecule has 5 heteroatoms. The maximum absolute atomic E-state index is 12.8. The Morgan fingerprint density at radius 1 is 1.12 bits per heavy atom. The largest absolute Gasteiger partial charge is 0.389 e. The zero-order valence-electron chi connectivity index (χ0n) is 14.7. The summed E-state index contributed by atoms with van der Waals surface area (Å²) in [5.41, 5.74) is 1.99. The number of β-amino-alcohol motifs (C(OH)–C–C–N with tert-alkyl or cyclic N) is 1. The smallest absolute Gasteiger partial charge is 0.242 e. The minimum absolute atomic E-state index is 0.0556. The molecule has 1 atom stereocenters. The summed E-state index contributed by atoms with van der Waals surface area (Å²) in [6.07, 6.45) is 0.940. The molecular weight excluding hydrogens is 304 g/mol. The van der Waals surface area contributed by atoms with Crippen LogP contribution in [0.15, 0.2) is 24.3 Å². The van der Waals surface area contributed by atoms with Crippen LogP contribution in [-0.4, -0.2) is 58.5 Å². The van der Waals surface area contributed by atoms with E-state index in [0.717, 1.165) is 12.8 Å². The summed E-state index contributed by atoms with van der Waals surface area (Å²) in [6.45, 7) is 6.08. The van der Waals surface area contributed by atoms with Crippen molar-refractivity contribution in [2.75, 3.05) is 19.6 Å². The second kappa shape index (κ2) is 6.20. The molecule has 1 N–H and O–H groups in total. The summed E-state index contributed by atoms with van der Waals surface area (Å²) in [5, 5.41) is 10.4. The second-order valence-electron chi connectivity index (χ2n) is 7.97. The van der Waals surface area contributed by atoms with Gasteiger partial charge in [0.05, 0.1) is 12.6 Å². The number of aliphatic hydroxyl groups excluding tert-OH is 1. The monoisotopic (exact) mass is 330 g/mol. The Balaban J connectivity index is 1.75. The number of fused-ring (bicyclic) bond motifs is 1. The highest BCUT2D eigenvalue weighted by molar-refractivity contribution is 5.88. The lowest BCUT2D eigenvalue weighted by atomic mass is 9.94. The molecule has 0 bridgehead atoms. The lowest BCUT2D eigenvalue weighted by molar-refractivity contribution is -0.144. The van der Waals surface area contributed by atoms with Gasteiger partial charge in [0, 0.05) is 24.5 Å². The Bertz CT molecular complexity index is 625. The Labute approximate surface area is 143 Å². The number of hydrogen-bond acceptors (Lipinski definition) is 3. The topological polar surface area (TPSA) is 60.9 Å². The van der Waals surface area contributed by atoms with Crippen molar-refractivity contribution in [2.24, 2.45) is 5.41 Å². The van der Waals surface area contributed by atoms with Crippen molar-refractivity contribution in [3.05, 3.63) is 35.4 Å². The van der Waals surface area contributed by atoms with Crippen LogP contribution in [0, 0.1) is 5.41 Å². The summed E-state index contributed by atoms with van der Waals surface area (Å²) in [6, 6.07) is 8.32. The van der Waals surface area contributed by atoms with Gasteiger partial charge >= 0.3 is 0 Å². The fourth-order valence-corrected chi connectivity index (χ4v) is 3.70. The van der Waals surface area contributed by atoms with Gasteiger partial charge in [0.25, 0.3) is 0 Å². The summed E-state index contributed by atoms with van der Waals surface area (Å²) >= 11 is 0. The van der Waals surface area contributed by atoms with Gasteiger partial charge in [-0.1, -0.05) is 45.0 Å². The van der Waals surface area contributed by atoms with Crippen molar-refractivity contribution in [2.45, 2.75) is 45.8 Å². The maximum Gasteiger partial charge on any atom is 0.242 e. The zero-order chi connectivity index (χ0) is 17.5. The zero-order valence-corrected chi connectivity index (χ0v) is 14.7. The molecule has 1 aliphatic carbocycles. The number of rotatable bonds is 1. The average molecular weight is 330 g/mol. The van der Waals surface area contributed by atoms with Crippen LogP contribution >= 0.6 is 0 Å². The highest BCUT2D eigenvalue weighted by atomic mass is 16.3. The molecule has 2 amide bonds. The van der Waals surface area contributed by atoms with Gasteiger partial charge in [-0.05, 0) is 24.0 Å². The van der Waals surface area contributed by atoms with E-state index in [0.29, 0.717) is 6.54 Å². The number of aliphatic hydroxyl groups is 1. The van der Waals surface area contributed by atoms with Crippen LogP contribution in [0.25, 0.3) is 0 Å². The Morgan fingerprint density at radius 2 is 1.71 bits per heavy atom. The predicted octanol–water partition coefficient (Wildman–Crippen LogP) is 1.23. The molecule has 130 valence electrons. The third kappa shape index (κ3) is 3.31. The standard InChI is InChI=1S/C19H26N2O3/c1-19(2,3)18(24)20-10-16(22)11-21(17(23)12-20)15-8-13-6-4-5-7-14(13)9-15/h4-7,15-16,22H,8-12H2,1-3H3. The van der Waals surface area contributed by atoms with E-state index in [1.54, 1.807) is 4.90 Å². The molecule has 24 heavy (non-hydrogen) atoms. The predicted molar refractivity (Wildman–Crippen MR) is 91.4 cm³/mol. The van der Waals surface area contributed by atoms with Gasteiger partial charge in [-0.25, -0.2) is 0 Å². The van der Waals surface area contributed by atoms with Crippen LogP contribution in [0.3, 0.4) is 0 Å². The van der Waals surface area contributed by atoms with Crippen LogP contribution in [-0.2, 0) is 22.4 Å². The van der Waals surface area contributed by atoms with Crippen molar-refractivity contribution >= 4 is 11.8 Å². The molecule has 1 saturated heterocycles. The lowest BCUT2D eigenvalue weighted by Gasteiger charge is -2.29. The van der Waals surface area contributed by atoms with E-state index in [2.05, 4.69) is 12.1 Å². The van der Waals surface area contributed by atoms with Gasteiger partial charge < -0.3 is 14.9 Å². The Hall–Kier alpha value is -1.88. The first-order chi connectivity index (χ1) is 11.3. The number of carbonyl (C=O) groups excluding carboxylic acids is 2. The molecule has 1 aliphatic heterocycles.